The minimum Gasteiger partial charge on any atom is -0.365 e. The number of likely N-dealkylation sites (tertiary alicyclic amines) is 1. The standard InChI is InChI=1S/C11H19N3/c12-4-3-11-7-10(8-13-11)9-14-5-1-2-6-14/h7-8,13H,1-6,9,12H2. The van der Waals surface area contributed by atoms with Gasteiger partial charge in [-0.25, -0.2) is 0 Å². The number of aromatic nitrogens is 1. The third kappa shape index (κ3) is 2.36. The van der Waals surface area contributed by atoms with Crippen molar-refractivity contribution in [3.05, 3.63) is 23.5 Å². The largest absolute Gasteiger partial charge is 0.365 e. The van der Waals surface area contributed by atoms with Gasteiger partial charge < -0.3 is 10.7 Å². The van der Waals surface area contributed by atoms with Gasteiger partial charge in [0.25, 0.3) is 0 Å². The fourth-order valence-electron chi connectivity index (χ4n) is 2.08. The van der Waals surface area contributed by atoms with Crippen LogP contribution in [0.2, 0.25) is 0 Å². The van der Waals surface area contributed by atoms with Gasteiger partial charge in [0, 0.05) is 18.4 Å². The van der Waals surface area contributed by atoms with E-state index in [-0.39, 0.29) is 0 Å². The highest BCUT2D eigenvalue weighted by atomic mass is 15.1. The predicted octanol–water partition coefficient (Wildman–Crippen LogP) is 1.11. The first kappa shape index (κ1) is 9.74. The van der Waals surface area contributed by atoms with E-state index >= 15 is 0 Å². The average molecular weight is 193 g/mol. The second-order valence-corrected chi connectivity index (χ2v) is 4.06. The van der Waals surface area contributed by atoms with Crippen molar-refractivity contribution in [1.82, 2.24) is 9.88 Å². The quantitative estimate of drug-likeness (QED) is 0.752. The van der Waals surface area contributed by atoms with E-state index in [9.17, 15) is 0 Å². The molecule has 1 aliphatic rings. The highest BCUT2D eigenvalue weighted by Crippen LogP contribution is 2.13. The van der Waals surface area contributed by atoms with Crippen LogP contribution < -0.4 is 5.73 Å². The SMILES string of the molecule is NCCc1cc(CN2CCCC2)c[nH]1. The summed E-state index contributed by atoms with van der Waals surface area (Å²) in [5, 5.41) is 0. The maximum Gasteiger partial charge on any atom is 0.0248 e. The first-order valence-electron chi connectivity index (χ1n) is 5.47. The Morgan fingerprint density at radius 3 is 2.86 bits per heavy atom. The van der Waals surface area contributed by atoms with E-state index < -0.39 is 0 Å². The van der Waals surface area contributed by atoms with Gasteiger partial charge in [-0.1, -0.05) is 0 Å². The lowest BCUT2D eigenvalue weighted by Crippen LogP contribution is -2.17. The van der Waals surface area contributed by atoms with Crippen LogP contribution in [-0.4, -0.2) is 29.5 Å². The highest BCUT2D eigenvalue weighted by Gasteiger charge is 2.12. The third-order valence-corrected chi connectivity index (χ3v) is 2.82. The van der Waals surface area contributed by atoms with E-state index in [0.29, 0.717) is 0 Å². The van der Waals surface area contributed by atoms with Gasteiger partial charge in [-0.2, -0.15) is 0 Å². The Kier molecular flexibility index (Phi) is 3.22. The molecule has 0 amide bonds. The van der Waals surface area contributed by atoms with Crippen LogP contribution in [0.5, 0.6) is 0 Å². The second-order valence-electron chi connectivity index (χ2n) is 4.06. The lowest BCUT2D eigenvalue weighted by atomic mass is 10.2. The van der Waals surface area contributed by atoms with Gasteiger partial charge in [-0.3, -0.25) is 4.90 Å². The molecule has 2 rings (SSSR count). The monoisotopic (exact) mass is 193 g/mol. The molecule has 2 heterocycles. The van der Waals surface area contributed by atoms with Crippen LogP contribution >= 0.6 is 0 Å². The Labute approximate surface area is 85.3 Å². The van der Waals surface area contributed by atoms with Crippen LogP contribution in [0.1, 0.15) is 24.1 Å². The average Bonchev–Trinajstić information content (AvgIpc) is 2.79. The molecule has 0 bridgehead atoms. The smallest absolute Gasteiger partial charge is 0.0248 e. The number of H-pyrrole nitrogens is 1. The lowest BCUT2D eigenvalue weighted by Gasteiger charge is -2.12. The van der Waals surface area contributed by atoms with E-state index in [1.54, 1.807) is 0 Å². The van der Waals surface area contributed by atoms with Crippen LogP contribution in [0.25, 0.3) is 0 Å². The maximum atomic E-state index is 5.50. The van der Waals surface area contributed by atoms with E-state index in [1.165, 1.54) is 37.2 Å². The van der Waals surface area contributed by atoms with Gasteiger partial charge >= 0.3 is 0 Å². The van der Waals surface area contributed by atoms with Crippen molar-refractivity contribution in [2.45, 2.75) is 25.8 Å². The van der Waals surface area contributed by atoms with Crippen LogP contribution in [0.4, 0.5) is 0 Å². The third-order valence-electron chi connectivity index (χ3n) is 2.82. The van der Waals surface area contributed by atoms with Crippen LogP contribution in [-0.2, 0) is 13.0 Å². The summed E-state index contributed by atoms with van der Waals surface area (Å²) in [7, 11) is 0. The summed E-state index contributed by atoms with van der Waals surface area (Å²) in [6.07, 6.45) is 5.80. The van der Waals surface area contributed by atoms with E-state index in [1.807, 2.05) is 0 Å². The molecule has 0 atom stereocenters. The lowest BCUT2D eigenvalue weighted by molar-refractivity contribution is 0.331. The number of nitrogens with zero attached hydrogens (tertiary/aromatic N) is 1. The first-order chi connectivity index (χ1) is 6.88. The van der Waals surface area contributed by atoms with Crippen LogP contribution in [0, 0.1) is 0 Å². The number of nitrogens with one attached hydrogen (secondary N) is 1. The summed E-state index contributed by atoms with van der Waals surface area (Å²) in [6.45, 7) is 4.35. The summed E-state index contributed by atoms with van der Waals surface area (Å²) in [6, 6.07) is 2.24. The molecule has 1 aromatic rings. The van der Waals surface area contributed by atoms with Crippen molar-refractivity contribution in [1.29, 1.82) is 0 Å². The summed E-state index contributed by atoms with van der Waals surface area (Å²) in [5.41, 5.74) is 8.17. The molecule has 0 saturated carbocycles. The Morgan fingerprint density at radius 2 is 2.14 bits per heavy atom. The normalized spacial score (nSPS) is 17.8. The van der Waals surface area contributed by atoms with Crippen LogP contribution in [0.15, 0.2) is 12.3 Å². The fraction of sp³-hybridized carbons (Fsp3) is 0.636. The number of hydrogen-bond acceptors (Lipinski definition) is 2. The Balaban J connectivity index is 1.88. The van der Waals surface area contributed by atoms with Gasteiger partial charge in [0.15, 0.2) is 0 Å². The van der Waals surface area contributed by atoms with E-state index in [2.05, 4.69) is 22.1 Å². The molecular weight excluding hydrogens is 174 g/mol. The fourth-order valence-corrected chi connectivity index (χ4v) is 2.08. The van der Waals surface area contributed by atoms with Crippen molar-refractivity contribution >= 4 is 0 Å². The predicted molar refractivity (Wildman–Crippen MR) is 58.1 cm³/mol. The van der Waals surface area contributed by atoms with Crippen molar-refractivity contribution in [2.75, 3.05) is 19.6 Å². The molecule has 0 aromatic carbocycles. The Bertz CT molecular complexity index is 274. The molecule has 1 aliphatic heterocycles. The zero-order chi connectivity index (χ0) is 9.80. The number of rotatable bonds is 4. The molecule has 0 radical (unpaired) electrons. The molecule has 3 N–H and O–H groups in total. The molecule has 1 aromatic heterocycles. The topological polar surface area (TPSA) is 45.0 Å². The number of aromatic amines is 1. The summed E-state index contributed by atoms with van der Waals surface area (Å²) in [4.78, 5) is 5.78. The van der Waals surface area contributed by atoms with Crippen molar-refractivity contribution in [3.63, 3.8) is 0 Å². The van der Waals surface area contributed by atoms with E-state index in [4.69, 9.17) is 5.73 Å². The molecular formula is C11H19N3. The van der Waals surface area contributed by atoms with Crippen molar-refractivity contribution < 1.29 is 0 Å². The van der Waals surface area contributed by atoms with Crippen molar-refractivity contribution in [3.8, 4) is 0 Å². The Morgan fingerprint density at radius 1 is 1.36 bits per heavy atom. The Hall–Kier alpha value is -0.800. The molecule has 1 fully saturated rings. The van der Waals surface area contributed by atoms with Crippen molar-refractivity contribution in [2.24, 2.45) is 5.73 Å². The second kappa shape index (κ2) is 4.62. The molecule has 3 nitrogen and oxygen atoms in total. The molecule has 78 valence electrons. The minimum absolute atomic E-state index is 0.726. The molecule has 0 unspecified atom stereocenters. The van der Waals surface area contributed by atoms with Gasteiger partial charge in [-0.15, -0.1) is 0 Å². The number of hydrogen-bond donors (Lipinski definition) is 2. The maximum absolute atomic E-state index is 5.50. The molecule has 0 spiro atoms. The molecule has 3 heteroatoms. The summed E-state index contributed by atoms with van der Waals surface area (Å²) >= 11 is 0. The van der Waals surface area contributed by atoms with Crippen LogP contribution in [0.3, 0.4) is 0 Å². The molecule has 0 aliphatic carbocycles. The van der Waals surface area contributed by atoms with E-state index in [0.717, 1.165) is 19.5 Å². The van der Waals surface area contributed by atoms with Gasteiger partial charge in [0.2, 0.25) is 0 Å². The summed E-state index contributed by atoms with van der Waals surface area (Å²) < 4.78 is 0. The minimum atomic E-state index is 0.726. The molecule has 14 heavy (non-hydrogen) atoms. The first-order valence-corrected chi connectivity index (χ1v) is 5.47. The summed E-state index contributed by atoms with van der Waals surface area (Å²) in [5.74, 6) is 0. The zero-order valence-corrected chi connectivity index (χ0v) is 8.63. The zero-order valence-electron chi connectivity index (χ0n) is 8.63. The van der Waals surface area contributed by atoms with Gasteiger partial charge in [0.1, 0.15) is 0 Å². The number of nitrogens with two attached hydrogens (primary N) is 1. The highest BCUT2D eigenvalue weighted by molar-refractivity contribution is 5.17. The van der Waals surface area contributed by atoms with Gasteiger partial charge in [-0.05, 0) is 50.5 Å². The molecule has 1 saturated heterocycles. The van der Waals surface area contributed by atoms with Gasteiger partial charge in [0.05, 0.1) is 0 Å².